The highest BCUT2D eigenvalue weighted by Crippen LogP contribution is 2.23. The normalized spacial score (nSPS) is 27.3. The van der Waals surface area contributed by atoms with Gasteiger partial charge in [-0.2, -0.15) is 5.43 Å². The first-order chi connectivity index (χ1) is 9.57. The van der Waals surface area contributed by atoms with Crippen LogP contribution in [0.5, 0.6) is 0 Å². The Labute approximate surface area is 118 Å². The summed E-state index contributed by atoms with van der Waals surface area (Å²) in [5.41, 5.74) is 19.5. The van der Waals surface area contributed by atoms with Crippen LogP contribution < -0.4 is 27.2 Å². The smallest absolute Gasteiger partial charge is 0.209 e. The van der Waals surface area contributed by atoms with Gasteiger partial charge in [-0.1, -0.05) is 12.1 Å². The fourth-order valence-corrected chi connectivity index (χ4v) is 2.53. The van der Waals surface area contributed by atoms with E-state index in [0.29, 0.717) is 5.96 Å². The Kier molecular flexibility index (Phi) is 3.25. The molecule has 2 aliphatic rings. The van der Waals surface area contributed by atoms with Crippen molar-refractivity contribution in [1.82, 2.24) is 15.8 Å². The van der Waals surface area contributed by atoms with E-state index in [-0.39, 0.29) is 0 Å². The number of nitrogens with zero attached hydrogens (tertiary/aromatic N) is 3. The average molecular weight is 275 g/mol. The number of hydrogen-bond acceptors (Lipinski definition) is 7. The van der Waals surface area contributed by atoms with E-state index in [1.54, 1.807) is 0 Å². The number of piperazine rings is 1. The number of benzene rings is 1. The second kappa shape index (κ2) is 4.93. The molecular weight excluding hydrogens is 254 g/mol. The maximum atomic E-state index is 6.16. The van der Waals surface area contributed by atoms with Crippen LogP contribution in [0.3, 0.4) is 0 Å². The maximum Gasteiger partial charge on any atom is 0.209 e. The van der Waals surface area contributed by atoms with Gasteiger partial charge in [-0.25, -0.2) is 4.99 Å². The van der Waals surface area contributed by atoms with E-state index >= 15 is 0 Å². The first-order valence-corrected chi connectivity index (χ1v) is 6.78. The van der Waals surface area contributed by atoms with Gasteiger partial charge < -0.3 is 15.5 Å². The summed E-state index contributed by atoms with van der Waals surface area (Å²) in [5.74, 6) is -0.680. The third kappa shape index (κ3) is 2.43. The summed E-state index contributed by atoms with van der Waals surface area (Å²) in [5, 5.41) is 0. The first kappa shape index (κ1) is 13.2. The molecule has 20 heavy (non-hydrogen) atoms. The van der Waals surface area contributed by atoms with Crippen molar-refractivity contribution in [3.8, 4) is 0 Å². The molecule has 0 saturated carbocycles. The summed E-state index contributed by atoms with van der Waals surface area (Å²) in [6.07, 6.45) is 0. The van der Waals surface area contributed by atoms with Crippen LogP contribution in [0.1, 0.15) is 5.56 Å². The zero-order valence-corrected chi connectivity index (χ0v) is 11.6. The Morgan fingerprint density at radius 2 is 1.80 bits per heavy atom. The van der Waals surface area contributed by atoms with E-state index < -0.39 is 5.79 Å². The summed E-state index contributed by atoms with van der Waals surface area (Å²) in [4.78, 5) is 8.89. The van der Waals surface area contributed by atoms with Crippen molar-refractivity contribution >= 4 is 11.6 Å². The zero-order chi connectivity index (χ0) is 14.2. The molecule has 108 valence electrons. The minimum absolute atomic E-state index is 0.302. The van der Waals surface area contributed by atoms with Gasteiger partial charge in [-0.3, -0.25) is 11.2 Å². The van der Waals surface area contributed by atoms with Gasteiger partial charge in [0.25, 0.3) is 0 Å². The monoisotopic (exact) mass is 275 g/mol. The standard InChI is InChI=1S/C13H21N7/c1-19-6-8-20(9-7-19)11-4-2-10(3-5-11)13(15)16-12(14)17-18-13/h2-5,18H,6-9,15H2,1H3,(H3,14,16,17). The number of anilines is 1. The van der Waals surface area contributed by atoms with Crippen molar-refractivity contribution in [2.75, 3.05) is 38.1 Å². The summed E-state index contributed by atoms with van der Waals surface area (Å²) in [6, 6.07) is 8.15. The predicted octanol–water partition coefficient (Wildman–Crippen LogP) is -1.07. The third-order valence-electron chi connectivity index (χ3n) is 3.85. The third-order valence-corrected chi connectivity index (χ3v) is 3.85. The SMILES string of the molecule is CN1CCN(c2ccc(C3(N)N=C(N)NN3)cc2)CC1. The molecule has 0 amide bonds. The minimum Gasteiger partial charge on any atom is -0.369 e. The second-order valence-corrected chi connectivity index (χ2v) is 5.35. The molecule has 7 nitrogen and oxygen atoms in total. The van der Waals surface area contributed by atoms with Crippen molar-refractivity contribution in [1.29, 1.82) is 0 Å². The molecule has 1 saturated heterocycles. The molecule has 1 aromatic carbocycles. The zero-order valence-electron chi connectivity index (χ0n) is 11.6. The number of rotatable bonds is 2. The number of nitrogens with two attached hydrogens (primary N) is 2. The maximum absolute atomic E-state index is 6.16. The Morgan fingerprint density at radius 1 is 1.15 bits per heavy atom. The molecule has 2 aliphatic heterocycles. The van der Waals surface area contributed by atoms with E-state index in [2.05, 4.69) is 44.8 Å². The molecule has 2 heterocycles. The molecule has 7 heteroatoms. The van der Waals surface area contributed by atoms with Crippen molar-refractivity contribution < 1.29 is 0 Å². The minimum atomic E-state index is -0.981. The number of likely N-dealkylation sites (N-methyl/N-ethyl adjacent to an activating group) is 1. The fraction of sp³-hybridized carbons (Fsp3) is 0.462. The quantitative estimate of drug-likeness (QED) is 0.549. The topological polar surface area (TPSA) is 94.9 Å². The van der Waals surface area contributed by atoms with Gasteiger partial charge in [-0.05, 0) is 19.2 Å². The molecule has 0 aromatic heterocycles. The number of hydrazine groups is 1. The summed E-state index contributed by atoms with van der Waals surface area (Å²) >= 11 is 0. The molecule has 0 radical (unpaired) electrons. The van der Waals surface area contributed by atoms with Gasteiger partial charge in [-0.15, -0.1) is 0 Å². The average Bonchev–Trinajstić information content (AvgIpc) is 2.81. The van der Waals surface area contributed by atoms with Crippen LogP contribution in [0.25, 0.3) is 0 Å². The largest absolute Gasteiger partial charge is 0.369 e. The highest BCUT2D eigenvalue weighted by molar-refractivity contribution is 5.79. The molecule has 1 unspecified atom stereocenters. The lowest BCUT2D eigenvalue weighted by Gasteiger charge is -2.34. The van der Waals surface area contributed by atoms with Gasteiger partial charge in [0, 0.05) is 37.4 Å². The lowest BCUT2D eigenvalue weighted by Crippen LogP contribution is -2.50. The van der Waals surface area contributed by atoms with Gasteiger partial charge >= 0.3 is 0 Å². The highest BCUT2D eigenvalue weighted by Gasteiger charge is 2.31. The number of hydrogen-bond donors (Lipinski definition) is 4. The van der Waals surface area contributed by atoms with Crippen molar-refractivity contribution in [3.05, 3.63) is 29.8 Å². The molecule has 0 spiro atoms. The molecule has 1 atom stereocenters. The van der Waals surface area contributed by atoms with Gasteiger partial charge in [0.05, 0.1) is 0 Å². The van der Waals surface area contributed by atoms with E-state index in [4.69, 9.17) is 11.5 Å². The fourth-order valence-electron chi connectivity index (χ4n) is 2.53. The Balaban J connectivity index is 1.75. The van der Waals surface area contributed by atoms with Crippen LogP contribution >= 0.6 is 0 Å². The van der Waals surface area contributed by atoms with E-state index in [0.717, 1.165) is 31.7 Å². The molecule has 0 aliphatic carbocycles. The Hall–Kier alpha value is -1.83. The van der Waals surface area contributed by atoms with Crippen molar-refractivity contribution in [2.24, 2.45) is 16.5 Å². The molecule has 3 rings (SSSR count). The van der Waals surface area contributed by atoms with E-state index in [1.165, 1.54) is 5.69 Å². The first-order valence-electron chi connectivity index (χ1n) is 6.78. The van der Waals surface area contributed by atoms with Crippen LogP contribution in [-0.4, -0.2) is 44.1 Å². The molecule has 6 N–H and O–H groups in total. The molecule has 1 aromatic rings. The van der Waals surface area contributed by atoms with E-state index in [1.807, 2.05) is 12.1 Å². The molecule has 1 fully saturated rings. The Morgan fingerprint density at radius 3 is 2.35 bits per heavy atom. The van der Waals surface area contributed by atoms with Crippen LogP contribution in [-0.2, 0) is 5.79 Å². The van der Waals surface area contributed by atoms with Crippen LogP contribution in [0.4, 0.5) is 5.69 Å². The lowest BCUT2D eigenvalue weighted by molar-refractivity contribution is 0.313. The van der Waals surface area contributed by atoms with Crippen LogP contribution in [0, 0.1) is 0 Å². The number of guanidine groups is 1. The van der Waals surface area contributed by atoms with Crippen LogP contribution in [0.15, 0.2) is 29.3 Å². The second-order valence-electron chi connectivity index (χ2n) is 5.35. The van der Waals surface area contributed by atoms with Gasteiger partial charge in [0.15, 0.2) is 0 Å². The Bertz CT molecular complexity index is 504. The summed E-state index contributed by atoms with van der Waals surface area (Å²) in [6.45, 7) is 4.28. The van der Waals surface area contributed by atoms with Crippen molar-refractivity contribution in [2.45, 2.75) is 5.79 Å². The van der Waals surface area contributed by atoms with Crippen molar-refractivity contribution in [3.63, 3.8) is 0 Å². The lowest BCUT2D eigenvalue weighted by atomic mass is 10.1. The van der Waals surface area contributed by atoms with Gasteiger partial charge in [0.2, 0.25) is 11.7 Å². The van der Waals surface area contributed by atoms with Crippen LogP contribution in [0.2, 0.25) is 0 Å². The molecular formula is C13H21N7. The summed E-state index contributed by atoms with van der Waals surface area (Å²) < 4.78 is 0. The highest BCUT2D eigenvalue weighted by atomic mass is 15.6. The van der Waals surface area contributed by atoms with E-state index in [9.17, 15) is 0 Å². The molecule has 0 bridgehead atoms. The predicted molar refractivity (Wildman–Crippen MR) is 79.9 cm³/mol. The summed E-state index contributed by atoms with van der Waals surface area (Å²) in [7, 11) is 2.15. The van der Waals surface area contributed by atoms with Gasteiger partial charge in [0.1, 0.15) is 0 Å². The number of nitrogens with one attached hydrogen (secondary N) is 2. The number of aliphatic imine (C=N–C) groups is 1.